The highest BCUT2D eigenvalue weighted by Gasteiger charge is 2.26. The summed E-state index contributed by atoms with van der Waals surface area (Å²) in [6.45, 7) is 0.999. The summed E-state index contributed by atoms with van der Waals surface area (Å²) >= 11 is 6.49. The van der Waals surface area contributed by atoms with Crippen molar-refractivity contribution in [2.75, 3.05) is 27.9 Å². The normalized spacial score (nSPS) is 19.1. The first-order valence-electron chi connectivity index (χ1n) is 6.44. The van der Waals surface area contributed by atoms with Crippen molar-refractivity contribution in [3.63, 3.8) is 0 Å². The van der Waals surface area contributed by atoms with E-state index >= 15 is 0 Å². The number of ether oxygens (including phenoxy) is 3. The zero-order chi connectivity index (χ0) is 13.8. The Morgan fingerprint density at radius 3 is 2.37 bits per heavy atom. The molecule has 1 aliphatic heterocycles. The number of nitrogens with one attached hydrogen (secondary N) is 1. The van der Waals surface area contributed by atoms with Crippen LogP contribution in [0.25, 0.3) is 0 Å². The quantitative estimate of drug-likeness (QED) is 0.922. The monoisotopic (exact) mass is 285 g/mol. The Balaban J connectivity index is 2.50. The second-order valence-electron chi connectivity index (χ2n) is 4.54. The van der Waals surface area contributed by atoms with Crippen molar-refractivity contribution in [3.8, 4) is 17.2 Å². The molecule has 0 spiro atoms. The molecule has 1 N–H and O–H groups in total. The summed E-state index contributed by atoms with van der Waals surface area (Å²) in [5.74, 6) is 1.89. The molecule has 1 unspecified atom stereocenters. The van der Waals surface area contributed by atoms with Gasteiger partial charge >= 0.3 is 0 Å². The SMILES string of the molecule is COc1cc(OC)c(C2CCCCN2)c(Cl)c1OC. The van der Waals surface area contributed by atoms with Crippen LogP contribution in [0.3, 0.4) is 0 Å². The van der Waals surface area contributed by atoms with Gasteiger partial charge in [-0.3, -0.25) is 0 Å². The van der Waals surface area contributed by atoms with Gasteiger partial charge in [-0.1, -0.05) is 18.0 Å². The number of hydrogen-bond acceptors (Lipinski definition) is 4. The first-order chi connectivity index (χ1) is 9.22. The zero-order valence-corrected chi connectivity index (χ0v) is 12.3. The van der Waals surface area contributed by atoms with E-state index in [4.69, 9.17) is 25.8 Å². The van der Waals surface area contributed by atoms with Crippen LogP contribution in [0.4, 0.5) is 0 Å². The molecule has 1 saturated heterocycles. The third-order valence-corrected chi connectivity index (χ3v) is 3.87. The highest BCUT2D eigenvalue weighted by molar-refractivity contribution is 6.33. The predicted octanol–water partition coefficient (Wildman–Crippen LogP) is 3.18. The summed E-state index contributed by atoms with van der Waals surface area (Å²) in [6, 6.07) is 2.03. The molecule has 0 radical (unpaired) electrons. The number of rotatable bonds is 4. The summed E-state index contributed by atoms with van der Waals surface area (Å²) in [5.41, 5.74) is 0.960. The van der Waals surface area contributed by atoms with Crippen molar-refractivity contribution in [3.05, 3.63) is 16.7 Å². The van der Waals surface area contributed by atoms with Crippen LogP contribution >= 0.6 is 11.6 Å². The molecule has 1 fully saturated rings. The predicted molar refractivity (Wildman–Crippen MR) is 75.7 cm³/mol. The topological polar surface area (TPSA) is 39.7 Å². The zero-order valence-electron chi connectivity index (χ0n) is 11.6. The fourth-order valence-corrected chi connectivity index (χ4v) is 2.93. The molecular formula is C14H20ClNO3. The lowest BCUT2D eigenvalue weighted by Crippen LogP contribution is -2.27. The number of halogens is 1. The summed E-state index contributed by atoms with van der Waals surface area (Å²) in [5, 5.41) is 4.05. The molecule has 1 aliphatic rings. The van der Waals surface area contributed by atoms with E-state index in [0.717, 1.165) is 24.3 Å². The number of piperidine rings is 1. The Labute approximate surface area is 119 Å². The van der Waals surface area contributed by atoms with E-state index in [0.29, 0.717) is 16.5 Å². The Morgan fingerprint density at radius 1 is 1.11 bits per heavy atom. The largest absolute Gasteiger partial charge is 0.496 e. The van der Waals surface area contributed by atoms with Gasteiger partial charge in [0, 0.05) is 17.7 Å². The van der Waals surface area contributed by atoms with Gasteiger partial charge in [0.1, 0.15) is 5.75 Å². The minimum Gasteiger partial charge on any atom is -0.496 e. The molecule has 4 nitrogen and oxygen atoms in total. The molecule has 106 valence electrons. The number of hydrogen-bond donors (Lipinski definition) is 1. The Morgan fingerprint density at radius 2 is 1.84 bits per heavy atom. The summed E-state index contributed by atoms with van der Waals surface area (Å²) < 4.78 is 16.1. The van der Waals surface area contributed by atoms with Crippen LogP contribution in [0, 0.1) is 0 Å². The van der Waals surface area contributed by atoms with Gasteiger partial charge in [0.15, 0.2) is 11.5 Å². The van der Waals surface area contributed by atoms with Gasteiger partial charge in [-0.05, 0) is 19.4 Å². The maximum Gasteiger partial charge on any atom is 0.180 e. The van der Waals surface area contributed by atoms with E-state index < -0.39 is 0 Å². The standard InChI is InChI=1S/C14H20ClNO3/c1-17-10-8-11(18-2)14(19-3)13(15)12(10)9-6-4-5-7-16-9/h8-9,16H,4-7H2,1-3H3. The second-order valence-corrected chi connectivity index (χ2v) is 4.92. The van der Waals surface area contributed by atoms with Crippen molar-refractivity contribution in [1.29, 1.82) is 0 Å². The lowest BCUT2D eigenvalue weighted by atomic mass is 9.96. The van der Waals surface area contributed by atoms with E-state index in [2.05, 4.69) is 5.32 Å². The molecule has 1 aromatic rings. The van der Waals surface area contributed by atoms with Crippen molar-refractivity contribution in [1.82, 2.24) is 5.32 Å². The minimum absolute atomic E-state index is 0.205. The van der Waals surface area contributed by atoms with Crippen LogP contribution < -0.4 is 19.5 Å². The molecule has 1 heterocycles. The smallest absolute Gasteiger partial charge is 0.180 e. The fourth-order valence-electron chi connectivity index (χ4n) is 2.53. The molecule has 2 rings (SSSR count). The van der Waals surface area contributed by atoms with Crippen molar-refractivity contribution >= 4 is 11.6 Å². The Bertz CT molecular complexity index is 445. The molecule has 0 aliphatic carbocycles. The van der Waals surface area contributed by atoms with Crippen LogP contribution in [0.2, 0.25) is 5.02 Å². The van der Waals surface area contributed by atoms with Crippen LogP contribution in [0.1, 0.15) is 30.9 Å². The molecule has 1 aromatic carbocycles. The summed E-state index contributed by atoms with van der Waals surface area (Å²) in [6.07, 6.45) is 3.43. The van der Waals surface area contributed by atoms with Gasteiger partial charge in [-0.15, -0.1) is 0 Å². The van der Waals surface area contributed by atoms with Crippen LogP contribution in [-0.4, -0.2) is 27.9 Å². The highest BCUT2D eigenvalue weighted by Crippen LogP contribution is 2.46. The fraction of sp³-hybridized carbons (Fsp3) is 0.571. The molecule has 0 saturated carbocycles. The van der Waals surface area contributed by atoms with Crippen LogP contribution in [0.15, 0.2) is 6.07 Å². The molecule has 5 heteroatoms. The molecular weight excluding hydrogens is 266 g/mol. The number of benzene rings is 1. The lowest BCUT2D eigenvalue weighted by molar-refractivity contribution is 0.340. The molecule has 0 amide bonds. The third-order valence-electron chi connectivity index (χ3n) is 3.49. The van der Waals surface area contributed by atoms with Crippen molar-refractivity contribution < 1.29 is 14.2 Å². The maximum absolute atomic E-state index is 6.49. The lowest BCUT2D eigenvalue weighted by Gasteiger charge is -2.27. The first kappa shape index (κ1) is 14.3. The summed E-state index contributed by atoms with van der Waals surface area (Å²) in [7, 11) is 4.82. The van der Waals surface area contributed by atoms with Gasteiger partial charge in [0.25, 0.3) is 0 Å². The highest BCUT2D eigenvalue weighted by atomic mass is 35.5. The summed E-state index contributed by atoms with van der Waals surface area (Å²) in [4.78, 5) is 0. The van der Waals surface area contributed by atoms with E-state index in [9.17, 15) is 0 Å². The van der Waals surface area contributed by atoms with E-state index in [-0.39, 0.29) is 6.04 Å². The van der Waals surface area contributed by atoms with Gasteiger partial charge in [0.05, 0.1) is 26.4 Å². The van der Waals surface area contributed by atoms with Crippen molar-refractivity contribution in [2.24, 2.45) is 0 Å². The minimum atomic E-state index is 0.205. The van der Waals surface area contributed by atoms with Crippen LogP contribution in [-0.2, 0) is 0 Å². The molecule has 1 atom stereocenters. The van der Waals surface area contributed by atoms with Crippen molar-refractivity contribution in [2.45, 2.75) is 25.3 Å². The van der Waals surface area contributed by atoms with Crippen LogP contribution in [0.5, 0.6) is 17.2 Å². The van der Waals surface area contributed by atoms with Gasteiger partial charge < -0.3 is 19.5 Å². The Hall–Kier alpha value is -1.13. The first-order valence-corrected chi connectivity index (χ1v) is 6.82. The van der Waals surface area contributed by atoms with Gasteiger partial charge in [-0.2, -0.15) is 0 Å². The molecule has 19 heavy (non-hydrogen) atoms. The van der Waals surface area contributed by atoms with E-state index in [1.54, 1.807) is 21.3 Å². The van der Waals surface area contributed by atoms with E-state index in [1.807, 2.05) is 6.07 Å². The van der Waals surface area contributed by atoms with E-state index in [1.165, 1.54) is 12.8 Å². The van der Waals surface area contributed by atoms with Gasteiger partial charge in [-0.25, -0.2) is 0 Å². The third kappa shape index (κ3) is 2.74. The molecule has 0 aromatic heterocycles. The number of methoxy groups -OCH3 is 3. The van der Waals surface area contributed by atoms with Gasteiger partial charge in [0.2, 0.25) is 0 Å². The molecule has 0 bridgehead atoms. The maximum atomic E-state index is 6.49. The average molecular weight is 286 g/mol. The average Bonchev–Trinajstić information content (AvgIpc) is 2.46. The second kappa shape index (κ2) is 6.35. The Kier molecular flexibility index (Phi) is 4.77.